The van der Waals surface area contributed by atoms with E-state index in [1.807, 2.05) is 24.3 Å². The van der Waals surface area contributed by atoms with Crippen molar-refractivity contribution in [1.29, 1.82) is 0 Å². The minimum atomic E-state index is -0.262. The van der Waals surface area contributed by atoms with Crippen LogP contribution < -0.4 is 10.9 Å². The molecule has 28 heavy (non-hydrogen) atoms. The molecule has 0 aliphatic rings. The van der Waals surface area contributed by atoms with E-state index >= 15 is 0 Å². The Bertz CT molecular complexity index is 1280. The number of aromatic nitrogens is 3. The van der Waals surface area contributed by atoms with Crippen LogP contribution in [0.25, 0.3) is 21.8 Å². The zero-order valence-electron chi connectivity index (χ0n) is 16.3. The molecule has 4 aromatic rings. The molecule has 0 atom stereocenters. The smallest absolute Gasteiger partial charge is 0.258 e. The van der Waals surface area contributed by atoms with Crippen LogP contribution in [0.4, 0.5) is 5.69 Å². The van der Waals surface area contributed by atoms with Gasteiger partial charge in [0, 0.05) is 35.1 Å². The number of hydrogen-bond donors (Lipinski definition) is 2. The highest BCUT2D eigenvalue weighted by atomic mass is 16.2. The molecule has 0 fully saturated rings. The zero-order chi connectivity index (χ0) is 20.1. The molecule has 4 rings (SSSR count). The molecule has 1 amide bonds. The largest absolute Gasteiger partial charge is 0.341 e. The summed E-state index contributed by atoms with van der Waals surface area (Å²) in [5, 5.41) is 4.10. The molecule has 142 valence electrons. The van der Waals surface area contributed by atoms with E-state index in [2.05, 4.69) is 36.1 Å². The Balaban J connectivity index is 1.72. The molecule has 6 heteroatoms. The van der Waals surface area contributed by atoms with E-state index in [0.717, 1.165) is 16.9 Å². The number of fused-ring (bicyclic) bond motifs is 2. The number of amides is 1. The van der Waals surface area contributed by atoms with Crippen molar-refractivity contribution >= 4 is 33.4 Å². The van der Waals surface area contributed by atoms with Crippen LogP contribution in [0.15, 0.2) is 53.5 Å². The maximum absolute atomic E-state index is 12.9. The standard InChI is InChI=1S/C22H22N4O2/c1-22(2,3)21-24-17-10-9-13(11-18(17)25-21)23-19(27)16-12-26(4)20(28)15-8-6-5-7-14(15)16/h5-12H,1-4H3,(H,23,27)(H,24,25). The highest BCUT2D eigenvalue weighted by Crippen LogP contribution is 2.25. The lowest BCUT2D eigenvalue weighted by molar-refractivity contribution is 0.102. The number of pyridine rings is 1. The van der Waals surface area contributed by atoms with Gasteiger partial charge in [0.15, 0.2) is 0 Å². The molecule has 0 radical (unpaired) electrons. The van der Waals surface area contributed by atoms with E-state index < -0.39 is 0 Å². The number of imidazole rings is 1. The third-order valence-corrected chi connectivity index (χ3v) is 4.79. The van der Waals surface area contributed by atoms with Crippen molar-refractivity contribution in [2.45, 2.75) is 26.2 Å². The molecule has 0 saturated heterocycles. The van der Waals surface area contributed by atoms with Crippen molar-refractivity contribution in [2.24, 2.45) is 7.05 Å². The van der Waals surface area contributed by atoms with E-state index in [1.54, 1.807) is 31.4 Å². The Morgan fingerprint density at radius 1 is 1.11 bits per heavy atom. The lowest BCUT2D eigenvalue weighted by atomic mass is 9.96. The SMILES string of the molecule is Cn1cc(C(=O)Nc2ccc3nc(C(C)(C)C)[nH]c3c2)c2ccccc2c1=O. The summed E-state index contributed by atoms with van der Waals surface area (Å²) in [6, 6.07) is 12.7. The molecular formula is C22H22N4O2. The van der Waals surface area contributed by atoms with Crippen molar-refractivity contribution in [3.63, 3.8) is 0 Å². The van der Waals surface area contributed by atoms with Gasteiger partial charge in [0.2, 0.25) is 0 Å². The minimum Gasteiger partial charge on any atom is -0.341 e. The lowest BCUT2D eigenvalue weighted by Gasteiger charge is -2.13. The third-order valence-electron chi connectivity index (χ3n) is 4.79. The Labute approximate surface area is 162 Å². The van der Waals surface area contributed by atoms with Crippen LogP contribution in [0.1, 0.15) is 37.0 Å². The van der Waals surface area contributed by atoms with Gasteiger partial charge in [-0.05, 0) is 24.3 Å². The Morgan fingerprint density at radius 2 is 1.82 bits per heavy atom. The van der Waals surface area contributed by atoms with Crippen molar-refractivity contribution in [1.82, 2.24) is 14.5 Å². The van der Waals surface area contributed by atoms with Crippen LogP contribution in [-0.4, -0.2) is 20.4 Å². The van der Waals surface area contributed by atoms with E-state index in [1.165, 1.54) is 4.57 Å². The van der Waals surface area contributed by atoms with Crippen LogP contribution in [0.3, 0.4) is 0 Å². The van der Waals surface area contributed by atoms with Gasteiger partial charge in [-0.2, -0.15) is 0 Å². The first-order valence-electron chi connectivity index (χ1n) is 9.14. The molecule has 2 aromatic heterocycles. The van der Waals surface area contributed by atoms with Gasteiger partial charge in [-0.25, -0.2) is 4.98 Å². The quantitative estimate of drug-likeness (QED) is 0.557. The van der Waals surface area contributed by atoms with Crippen LogP contribution in [0.5, 0.6) is 0 Å². The van der Waals surface area contributed by atoms with Crippen molar-refractivity contribution in [3.05, 3.63) is 70.4 Å². The summed E-state index contributed by atoms with van der Waals surface area (Å²) in [5.74, 6) is 0.636. The molecule has 0 aliphatic carbocycles. The van der Waals surface area contributed by atoms with E-state index in [4.69, 9.17) is 0 Å². The topological polar surface area (TPSA) is 79.8 Å². The van der Waals surface area contributed by atoms with Crippen LogP contribution in [0, 0.1) is 0 Å². The summed E-state index contributed by atoms with van der Waals surface area (Å²) in [5.41, 5.74) is 2.64. The summed E-state index contributed by atoms with van der Waals surface area (Å²) in [4.78, 5) is 33.2. The maximum atomic E-state index is 12.9. The van der Waals surface area contributed by atoms with Gasteiger partial charge >= 0.3 is 0 Å². The summed E-state index contributed by atoms with van der Waals surface area (Å²) in [6.45, 7) is 6.29. The number of aryl methyl sites for hydroxylation is 1. The van der Waals surface area contributed by atoms with Gasteiger partial charge < -0.3 is 14.9 Å². The molecule has 0 bridgehead atoms. The maximum Gasteiger partial charge on any atom is 0.258 e. The van der Waals surface area contributed by atoms with Crippen molar-refractivity contribution < 1.29 is 4.79 Å². The Kier molecular flexibility index (Phi) is 4.07. The first-order valence-corrected chi connectivity index (χ1v) is 9.14. The van der Waals surface area contributed by atoms with Gasteiger partial charge in [-0.3, -0.25) is 9.59 Å². The number of anilines is 1. The molecule has 2 heterocycles. The molecule has 0 unspecified atom stereocenters. The third kappa shape index (κ3) is 3.07. The molecular weight excluding hydrogens is 352 g/mol. The second kappa shape index (κ2) is 6.34. The number of nitrogens with zero attached hydrogens (tertiary/aromatic N) is 2. The fraction of sp³-hybridized carbons (Fsp3) is 0.227. The van der Waals surface area contributed by atoms with Gasteiger partial charge in [0.25, 0.3) is 11.5 Å². The summed E-state index contributed by atoms with van der Waals surface area (Å²) >= 11 is 0. The number of H-pyrrole nitrogens is 1. The number of carbonyl (C=O) groups is 1. The minimum absolute atomic E-state index is 0.0871. The highest BCUT2D eigenvalue weighted by Gasteiger charge is 2.19. The van der Waals surface area contributed by atoms with E-state index in [0.29, 0.717) is 22.0 Å². The average molecular weight is 374 g/mol. The first kappa shape index (κ1) is 18.0. The fourth-order valence-corrected chi connectivity index (χ4v) is 3.24. The number of aromatic amines is 1. The normalized spacial score (nSPS) is 11.9. The fourth-order valence-electron chi connectivity index (χ4n) is 3.24. The molecule has 2 N–H and O–H groups in total. The highest BCUT2D eigenvalue weighted by molar-refractivity contribution is 6.12. The van der Waals surface area contributed by atoms with Crippen molar-refractivity contribution in [2.75, 3.05) is 5.32 Å². The predicted octanol–water partition coefficient (Wildman–Crippen LogP) is 3.96. The molecule has 2 aromatic carbocycles. The first-order chi connectivity index (χ1) is 13.2. The van der Waals surface area contributed by atoms with Crippen molar-refractivity contribution in [3.8, 4) is 0 Å². The second-order valence-electron chi connectivity index (χ2n) is 8.03. The summed E-state index contributed by atoms with van der Waals surface area (Å²) in [6.07, 6.45) is 1.58. The monoisotopic (exact) mass is 374 g/mol. The van der Waals surface area contributed by atoms with Gasteiger partial charge in [0.05, 0.1) is 16.6 Å². The van der Waals surface area contributed by atoms with E-state index in [9.17, 15) is 9.59 Å². The molecule has 0 spiro atoms. The van der Waals surface area contributed by atoms with Crippen LogP contribution in [0.2, 0.25) is 0 Å². The van der Waals surface area contributed by atoms with Crippen LogP contribution in [-0.2, 0) is 12.5 Å². The number of nitrogens with one attached hydrogen (secondary N) is 2. The number of rotatable bonds is 2. The van der Waals surface area contributed by atoms with E-state index in [-0.39, 0.29) is 16.9 Å². The van der Waals surface area contributed by atoms with Crippen LogP contribution >= 0.6 is 0 Å². The lowest BCUT2D eigenvalue weighted by Crippen LogP contribution is -2.21. The number of benzene rings is 2. The molecule has 0 aliphatic heterocycles. The average Bonchev–Trinajstić information content (AvgIpc) is 3.08. The van der Waals surface area contributed by atoms with Gasteiger partial charge in [-0.1, -0.05) is 39.0 Å². The zero-order valence-corrected chi connectivity index (χ0v) is 16.3. The Morgan fingerprint density at radius 3 is 2.54 bits per heavy atom. The molecule has 0 saturated carbocycles. The number of carbonyl (C=O) groups excluding carboxylic acids is 1. The predicted molar refractivity (Wildman–Crippen MR) is 112 cm³/mol. The second-order valence-corrected chi connectivity index (χ2v) is 8.03. The summed E-state index contributed by atoms with van der Waals surface area (Å²) < 4.78 is 1.44. The summed E-state index contributed by atoms with van der Waals surface area (Å²) in [7, 11) is 1.65. The molecule has 6 nitrogen and oxygen atoms in total. The Hall–Kier alpha value is -3.41. The van der Waals surface area contributed by atoms with Gasteiger partial charge in [0.1, 0.15) is 5.82 Å². The number of hydrogen-bond acceptors (Lipinski definition) is 3. The van der Waals surface area contributed by atoms with Gasteiger partial charge in [-0.15, -0.1) is 0 Å².